The van der Waals surface area contributed by atoms with Crippen LogP contribution in [0, 0.1) is 6.92 Å². The van der Waals surface area contributed by atoms with Crippen LogP contribution >= 0.6 is 0 Å². The third kappa shape index (κ3) is 3.24. The summed E-state index contributed by atoms with van der Waals surface area (Å²) in [6.45, 7) is 3.11. The van der Waals surface area contributed by atoms with Crippen molar-refractivity contribution >= 4 is 16.1 Å². The van der Waals surface area contributed by atoms with Gasteiger partial charge in [-0.2, -0.15) is 8.42 Å². The number of benzene rings is 1. The SMILES string of the molecule is Cc1ccc(S(=O)(=O)O[C@H]2C(=O)O[C@@H]([C@H](C)O)[C@H]2O)cc1. The van der Waals surface area contributed by atoms with Crippen LogP contribution in [0.3, 0.4) is 0 Å². The predicted molar refractivity (Wildman–Crippen MR) is 70.8 cm³/mol. The molecule has 8 heteroatoms. The highest BCUT2D eigenvalue weighted by molar-refractivity contribution is 7.86. The second-order valence-electron chi connectivity index (χ2n) is 4.92. The Labute approximate surface area is 122 Å². The van der Waals surface area contributed by atoms with E-state index in [1.807, 2.05) is 0 Å². The van der Waals surface area contributed by atoms with Gasteiger partial charge in [0.05, 0.1) is 11.0 Å². The first-order valence-electron chi connectivity index (χ1n) is 6.29. The molecular weight excluding hydrogens is 300 g/mol. The molecule has 0 aromatic heterocycles. The van der Waals surface area contributed by atoms with Crippen LogP contribution in [-0.2, 0) is 23.8 Å². The number of hydrogen-bond donors (Lipinski definition) is 2. The number of aryl methyl sites for hydroxylation is 1. The summed E-state index contributed by atoms with van der Waals surface area (Å²) in [4.78, 5) is 11.4. The maximum Gasteiger partial charge on any atom is 0.340 e. The minimum atomic E-state index is -4.22. The van der Waals surface area contributed by atoms with Crippen molar-refractivity contribution in [2.24, 2.45) is 0 Å². The average molecular weight is 316 g/mol. The van der Waals surface area contributed by atoms with E-state index in [-0.39, 0.29) is 4.90 Å². The van der Waals surface area contributed by atoms with Gasteiger partial charge in [-0.05, 0) is 26.0 Å². The molecule has 2 N–H and O–H groups in total. The fourth-order valence-electron chi connectivity index (χ4n) is 1.96. The molecular formula is C13H16O7S. The van der Waals surface area contributed by atoms with E-state index in [4.69, 9.17) is 8.92 Å². The molecule has 0 aliphatic carbocycles. The van der Waals surface area contributed by atoms with Gasteiger partial charge >= 0.3 is 5.97 Å². The summed E-state index contributed by atoms with van der Waals surface area (Å²) in [6.07, 6.45) is -5.59. The van der Waals surface area contributed by atoms with Gasteiger partial charge in [-0.25, -0.2) is 8.98 Å². The first-order chi connectivity index (χ1) is 9.72. The van der Waals surface area contributed by atoms with Crippen LogP contribution in [0.15, 0.2) is 29.2 Å². The van der Waals surface area contributed by atoms with Gasteiger partial charge in [-0.3, -0.25) is 0 Å². The van der Waals surface area contributed by atoms with E-state index in [1.165, 1.54) is 19.1 Å². The van der Waals surface area contributed by atoms with Gasteiger partial charge in [-0.15, -0.1) is 0 Å². The molecule has 1 aliphatic heterocycles. The number of rotatable bonds is 4. The summed E-state index contributed by atoms with van der Waals surface area (Å²) in [5.41, 5.74) is 0.864. The van der Waals surface area contributed by atoms with Crippen molar-refractivity contribution in [2.45, 2.75) is 43.2 Å². The van der Waals surface area contributed by atoms with Gasteiger partial charge in [0.15, 0.2) is 6.10 Å². The molecule has 1 saturated heterocycles. The smallest absolute Gasteiger partial charge is 0.340 e. The molecule has 7 nitrogen and oxygen atoms in total. The van der Waals surface area contributed by atoms with Crippen LogP contribution in [0.5, 0.6) is 0 Å². The lowest BCUT2D eigenvalue weighted by Crippen LogP contribution is -2.39. The molecule has 1 aromatic rings. The van der Waals surface area contributed by atoms with Gasteiger partial charge in [0, 0.05) is 0 Å². The third-order valence-electron chi connectivity index (χ3n) is 3.15. The summed E-state index contributed by atoms with van der Waals surface area (Å²) in [5, 5.41) is 19.2. The number of aliphatic hydroxyl groups excluding tert-OH is 2. The minimum Gasteiger partial charge on any atom is -0.455 e. The molecule has 1 aromatic carbocycles. The number of aliphatic hydroxyl groups is 2. The standard InChI is InChI=1S/C13H16O7S/c1-7-3-5-9(6-4-7)21(17,18)20-12-10(15)11(8(2)14)19-13(12)16/h3-6,8,10-12,14-15H,1-2H3/t8-,10+,11-,12+/m0/s1. The van der Waals surface area contributed by atoms with Crippen LogP contribution in [0.2, 0.25) is 0 Å². The van der Waals surface area contributed by atoms with E-state index in [0.717, 1.165) is 5.56 Å². The quantitative estimate of drug-likeness (QED) is 0.581. The molecule has 4 atom stereocenters. The van der Waals surface area contributed by atoms with Crippen molar-refractivity contribution < 1.29 is 32.3 Å². The molecule has 0 bridgehead atoms. The second kappa shape index (κ2) is 5.72. The minimum absolute atomic E-state index is 0.131. The van der Waals surface area contributed by atoms with Gasteiger partial charge in [-0.1, -0.05) is 17.7 Å². The Morgan fingerprint density at radius 2 is 1.86 bits per heavy atom. The molecule has 116 valence electrons. The summed E-state index contributed by atoms with van der Waals surface area (Å²) < 4.78 is 33.6. The fourth-order valence-corrected chi connectivity index (χ4v) is 3.01. The lowest BCUT2D eigenvalue weighted by molar-refractivity contribution is -0.149. The van der Waals surface area contributed by atoms with E-state index >= 15 is 0 Å². The van der Waals surface area contributed by atoms with Crippen LogP contribution in [0.4, 0.5) is 0 Å². The zero-order chi connectivity index (χ0) is 15.8. The summed E-state index contributed by atoms with van der Waals surface area (Å²) >= 11 is 0. The summed E-state index contributed by atoms with van der Waals surface area (Å²) in [5.74, 6) is -1.02. The zero-order valence-corrected chi connectivity index (χ0v) is 12.3. The van der Waals surface area contributed by atoms with Gasteiger partial charge in [0.1, 0.15) is 6.10 Å². The first kappa shape index (κ1) is 15.9. The highest BCUT2D eigenvalue weighted by atomic mass is 32.2. The van der Waals surface area contributed by atoms with Gasteiger partial charge in [0.25, 0.3) is 10.1 Å². The van der Waals surface area contributed by atoms with E-state index in [9.17, 15) is 23.4 Å². The largest absolute Gasteiger partial charge is 0.455 e. The third-order valence-corrected chi connectivity index (χ3v) is 4.46. The molecule has 0 saturated carbocycles. The lowest BCUT2D eigenvalue weighted by atomic mass is 10.1. The van der Waals surface area contributed by atoms with Crippen molar-refractivity contribution in [1.29, 1.82) is 0 Å². The van der Waals surface area contributed by atoms with Gasteiger partial charge in [0.2, 0.25) is 6.10 Å². The Kier molecular flexibility index (Phi) is 4.33. The monoisotopic (exact) mass is 316 g/mol. The zero-order valence-electron chi connectivity index (χ0n) is 11.5. The maximum atomic E-state index is 12.1. The number of carbonyl (C=O) groups excluding carboxylic acids is 1. The highest BCUT2D eigenvalue weighted by Crippen LogP contribution is 2.25. The Balaban J connectivity index is 2.21. The van der Waals surface area contributed by atoms with Crippen LogP contribution in [0.1, 0.15) is 12.5 Å². The Morgan fingerprint density at radius 3 is 2.33 bits per heavy atom. The number of ether oxygens (including phenoxy) is 1. The Bertz CT molecular complexity index is 620. The molecule has 0 spiro atoms. The first-order valence-corrected chi connectivity index (χ1v) is 7.70. The van der Waals surface area contributed by atoms with Crippen molar-refractivity contribution in [3.8, 4) is 0 Å². The fraction of sp³-hybridized carbons (Fsp3) is 0.462. The molecule has 0 radical (unpaired) electrons. The molecule has 1 aliphatic rings. The Morgan fingerprint density at radius 1 is 1.29 bits per heavy atom. The molecule has 1 fully saturated rings. The number of esters is 1. The number of carbonyl (C=O) groups is 1. The van der Waals surface area contributed by atoms with E-state index in [2.05, 4.69) is 0 Å². The molecule has 0 amide bonds. The normalized spacial score (nSPS) is 27.4. The lowest BCUT2D eigenvalue weighted by Gasteiger charge is -2.17. The second-order valence-corrected chi connectivity index (χ2v) is 6.49. The topological polar surface area (TPSA) is 110 Å². The average Bonchev–Trinajstić information content (AvgIpc) is 2.67. The van der Waals surface area contributed by atoms with E-state index < -0.39 is 40.5 Å². The molecule has 1 heterocycles. The van der Waals surface area contributed by atoms with E-state index in [0.29, 0.717) is 0 Å². The van der Waals surface area contributed by atoms with Gasteiger partial charge < -0.3 is 14.9 Å². The summed E-state index contributed by atoms with van der Waals surface area (Å²) in [7, 11) is -4.22. The van der Waals surface area contributed by atoms with Crippen LogP contribution < -0.4 is 0 Å². The molecule has 21 heavy (non-hydrogen) atoms. The Hall–Kier alpha value is -1.48. The highest BCUT2D eigenvalue weighted by Gasteiger charge is 2.49. The molecule has 2 rings (SSSR count). The van der Waals surface area contributed by atoms with Crippen molar-refractivity contribution in [3.63, 3.8) is 0 Å². The van der Waals surface area contributed by atoms with Crippen molar-refractivity contribution in [2.75, 3.05) is 0 Å². The van der Waals surface area contributed by atoms with Crippen LogP contribution in [-0.4, -0.2) is 49.0 Å². The van der Waals surface area contributed by atoms with E-state index in [1.54, 1.807) is 19.1 Å². The number of hydrogen-bond acceptors (Lipinski definition) is 7. The maximum absolute atomic E-state index is 12.1. The van der Waals surface area contributed by atoms with Crippen molar-refractivity contribution in [1.82, 2.24) is 0 Å². The number of cyclic esters (lactones) is 1. The van der Waals surface area contributed by atoms with Crippen LogP contribution in [0.25, 0.3) is 0 Å². The predicted octanol–water partition coefficient (Wildman–Crippen LogP) is -0.264. The van der Waals surface area contributed by atoms with Crippen molar-refractivity contribution in [3.05, 3.63) is 29.8 Å². The summed E-state index contributed by atoms with van der Waals surface area (Å²) in [6, 6.07) is 5.84. The molecule has 0 unspecified atom stereocenters.